The minimum atomic E-state index is -0.264. The number of likely N-dealkylation sites (tertiary alicyclic amines) is 1. The zero-order chi connectivity index (χ0) is 20.5. The fourth-order valence-corrected chi connectivity index (χ4v) is 6.46. The average molecular weight is 436 g/mol. The summed E-state index contributed by atoms with van der Waals surface area (Å²) in [7, 11) is 0. The summed E-state index contributed by atoms with van der Waals surface area (Å²) in [6.45, 7) is 8.99. The van der Waals surface area contributed by atoms with Crippen LogP contribution in [0, 0.1) is 6.92 Å². The van der Waals surface area contributed by atoms with Crippen LogP contribution in [0.4, 0.5) is 0 Å². The molecule has 0 N–H and O–H groups in total. The van der Waals surface area contributed by atoms with E-state index >= 15 is 0 Å². The van der Waals surface area contributed by atoms with Crippen LogP contribution < -0.4 is 5.56 Å². The largest absolute Gasteiger partial charge is 0.376 e. The van der Waals surface area contributed by atoms with Crippen LogP contribution in [0.5, 0.6) is 0 Å². The fraction of sp³-hybridized carbons (Fsp3) is 0.667. The summed E-state index contributed by atoms with van der Waals surface area (Å²) >= 11 is 2.99. The molecule has 158 valence electrons. The molecule has 1 amide bonds. The normalized spacial score (nSPS) is 20.7. The van der Waals surface area contributed by atoms with Gasteiger partial charge in [0.1, 0.15) is 4.83 Å². The van der Waals surface area contributed by atoms with Gasteiger partial charge in [-0.3, -0.25) is 14.2 Å². The number of aromatic nitrogens is 2. The van der Waals surface area contributed by atoms with Crippen LogP contribution in [0.1, 0.15) is 50.0 Å². The number of carbonyl (C=O) groups excluding carboxylic acids is 1. The van der Waals surface area contributed by atoms with Crippen LogP contribution in [-0.2, 0) is 22.5 Å². The Morgan fingerprint density at radius 1 is 1.34 bits per heavy atom. The van der Waals surface area contributed by atoms with Gasteiger partial charge in [0.05, 0.1) is 23.3 Å². The molecule has 2 atom stereocenters. The second kappa shape index (κ2) is 8.78. The van der Waals surface area contributed by atoms with Crippen LogP contribution in [0.25, 0.3) is 10.2 Å². The standard InChI is InChI=1S/C21H29N3O3S2/c1-4-16-13(2)28-18-17(16)20(26)24(12-15-8-7-11-27-15)21(22-18)29-14(3)19(25)23-9-5-6-10-23/h14-15H,4-12H2,1-3H3. The third-order valence-corrected chi connectivity index (χ3v) is 8.01. The van der Waals surface area contributed by atoms with Crippen molar-refractivity contribution >= 4 is 39.2 Å². The summed E-state index contributed by atoms with van der Waals surface area (Å²) in [6, 6.07) is 0. The molecular weight excluding hydrogens is 406 g/mol. The average Bonchev–Trinajstić information content (AvgIpc) is 3.45. The van der Waals surface area contributed by atoms with E-state index in [1.54, 1.807) is 15.9 Å². The summed E-state index contributed by atoms with van der Waals surface area (Å²) < 4.78 is 7.57. The monoisotopic (exact) mass is 435 g/mol. The van der Waals surface area contributed by atoms with Gasteiger partial charge in [-0.25, -0.2) is 4.98 Å². The molecule has 4 heterocycles. The molecule has 0 spiro atoms. The highest BCUT2D eigenvalue weighted by Crippen LogP contribution is 2.31. The molecule has 2 aromatic heterocycles. The lowest BCUT2D eigenvalue weighted by Crippen LogP contribution is -2.35. The van der Waals surface area contributed by atoms with E-state index in [1.165, 1.54) is 11.8 Å². The van der Waals surface area contributed by atoms with E-state index in [0.717, 1.165) is 72.5 Å². The van der Waals surface area contributed by atoms with Crippen LogP contribution in [-0.4, -0.2) is 51.4 Å². The molecule has 2 aromatic rings. The van der Waals surface area contributed by atoms with Gasteiger partial charge in [-0.15, -0.1) is 11.3 Å². The molecule has 2 unspecified atom stereocenters. The smallest absolute Gasteiger partial charge is 0.263 e. The Labute approximate surface area is 179 Å². The Morgan fingerprint density at radius 3 is 2.76 bits per heavy atom. The predicted octanol–water partition coefficient (Wildman–Crippen LogP) is 3.61. The third-order valence-electron chi connectivity index (χ3n) is 5.89. The lowest BCUT2D eigenvalue weighted by molar-refractivity contribution is -0.129. The van der Waals surface area contributed by atoms with Gasteiger partial charge in [-0.05, 0) is 51.5 Å². The van der Waals surface area contributed by atoms with Crippen molar-refractivity contribution in [2.45, 2.75) is 75.9 Å². The van der Waals surface area contributed by atoms with Gasteiger partial charge in [0.15, 0.2) is 5.16 Å². The highest BCUT2D eigenvalue weighted by atomic mass is 32.2. The van der Waals surface area contributed by atoms with Crippen LogP contribution >= 0.6 is 23.1 Å². The van der Waals surface area contributed by atoms with Crippen LogP contribution in [0.15, 0.2) is 9.95 Å². The first-order chi connectivity index (χ1) is 14.0. The molecule has 8 heteroatoms. The second-order valence-corrected chi connectivity index (χ2v) is 10.4. The third kappa shape index (κ3) is 4.11. The number of nitrogens with zero attached hydrogens (tertiary/aromatic N) is 3. The predicted molar refractivity (Wildman–Crippen MR) is 118 cm³/mol. The van der Waals surface area contributed by atoms with E-state index in [2.05, 4.69) is 13.8 Å². The molecule has 2 saturated heterocycles. The number of hydrogen-bond donors (Lipinski definition) is 0. The van der Waals surface area contributed by atoms with Crippen molar-refractivity contribution in [3.8, 4) is 0 Å². The number of amides is 1. The van der Waals surface area contributed by atoms with Crippen molar-refractivity contribution in [1.29, 1.82) is 0 Å². The summed E-state index contributed by atoms with van der Waals surface area (Å²) in [5, 5.41) is 1.12. The number of rotatable bonds is 6. The van der Waals surface area contributed by atoms with Gasteiger partial charge in [0.2, 0.25) is 5.91 Å². The summed E-state index contributed by atoms with van der Waals surface area (Å²) in [5.41, 5.74) is 1.11. The number of ether oxygens (including phenoxy) is 1. The van der Waals surface area contributed by atoms with Gasteiger partial charge in [-0.2, -0.15) is 0 Å². The highest BCUT2D eigenvalue weighted by molar-refractivity contribution is 8.00. The maximum atomic E-state index is 13.5. The number of aryl methyl sites for hydroxylation is 2. The molecule has 4 rings (SSSR count). The van der Waals surface area contributed by atoms with E-state index in [-0.39, 0.29) is 22.8 Å². The van der Waals surface area contributed by atoms with E-state index < -0.39 is 0 Å². The van der Waals surface area contributed by atoms with E-state index in [1.807, 2.05) is 11.8 Å². The molecule has 2 aliphatic heterocycles. The number of hydrogen-bond acceptors (Lipinski definition) is 6. The Balaban J connectivity index is 1.72. The molecule has 0 aliphatic carbocycles. The molecule has 29 heavy (non-hydrogen) atoms. The maximum Gasteiger partial charge on any atom is 0.263 e. The summed E-state index contributed by atoms with van der Waals surface area (Å²) in [4.78, 5) is 35.1. The van der Waals surface area contributed by atoms with Crippen molar-refractivity contribution in [3.05, 3.63) is 20.8 Å². The van der Waals surface area contributed by atoms with E-state index in [4.69, 9.17) is 9.72 Å². The number of thiophene rings is 1. The summed E-state index contributed by atoms with van der Waals surface area (Å²) in [6.07, 6.45) is 5.00. The Hall–Kier alpha value is -1.38. The van der Waals surface area contributed by atoms with Gasteiger partial charge in [0, 0.05) is 24.6 Å². The van der Waals surface area contributed by atoms with Crippen molar-refractivity contribution in [2.24, 2.45) is 0 Å². The number of carbonyl (C=O) groups is 1. The Kier molecular flexibility index (Phi) is 6.32. The van der Waals surface area contributed by atoms with Crippen molar-refractivity contribution < 1.29 is 9.53 Å². The SMILES string of the molecule is CCc1c(C)sc2nc(SC(C)C(=O)N3CCCC3)n(CC3CCCO3)c(=O)c12. The second-order valence-electron chi connectivity index (χ2n) is 7.91. The quantitative estimate of drug-likeness (QED) is 0.512. The summed E-state index contributed by atoms with van der Waals surface area (Å²) in [5.74, 6) is 0.141. The van der Waals surface area contributed by atoms with Crippen molar-refractivity contribution in [2.75, 3.05) is 19.7 Å². The van der Waals surface area contributed by atoms with E-state index in [0.29, 0.717) is 11.7 Å². The Morgan fingerprint density at radius 2 is 2.10 bits per heavy atom. The lowest BCUT2D eigenvalue weighted by Gasteiger charge is -2.21. The zero-order valence-electron chi connectivity index (χ0n) is 17.4. The topological polar surface area (TPSA) is 64.4 Å². The first-order valence-corrected chi connectivity index (χ1v) is 12.3. The van der Waals surface area contributed by atoms with Gasteiger partial charge < -0.3 is 9.64 Å². The van der Waals surface area contributed by atoms with Gasteiger partial charge in [-0.1, -0.05) is 18.7 Å². The first-order valence-electron chi connectivity index (χ1n) is 10.6. The first kappa shape index (κ1) is 20.9. The van der Waals surface area contributed by atoms with E-state index in [9.17, 15) is 9.59 Å². The number of thioether (sulfide) groups is 1. The zero-order valence-corrected chi connectivity index (χ0v) is 19.0. The van der Waals surface area contributed by atoms with Crippen LogP contribution in [0.2, 0.25) is 0 Å². The maximum absolute atomic E-state index is 13.5. The molecule has 0 aromatic carbocycles. The number of fused-ring (bicyclic) bond motifs is 1. The molecule has 0 saturated carbocycles. The fourth-order valence-electron chi connectivity index (χ4n) is 4.30. The Bertz CT molecular complexity index is 956. The lowest BCUT2D eigenvalue weighted by atomic mass is 10.1. The van der Waals surface area contributed by atoms with Crippen molar-refractivity contribution in [3.63, 3.8) is 0 Å². The van der Waals surface area contributed by atoms with Gasteiger partial charge in [0.25, 0.3) is 5.56 Å². The highest BCUT2D eigenvalue weighted by Gasteiger charge is 2.28. The molecule has 6 nitrogen and oxygen atoms in total. The van der Waals surface area contributed by atoms with Crippen molar-refractivity contribution in [1.82, 2.24) is 14.5 Å². The molecular formula is C21H29N3O3S2. The minimum absolute atomic E-state index is 0.00928. The van der Waals surface area contributed by atoms with Crippen LogP contribution in [0.3, 0.4) is 0 Å². The molecule has 2 fully saturated rings. The molecule has 0 bridgehead atoms. The molecule has 2 aliphatic rings. The minimum Gasteiger partial charge on any atom is -0.376 e. The molecule has 0 radical (unpaired) electrons. The van der Waals surface area contributed by atoms with Gasteiger partial charge >= 0.3 is 0 Å².